The normalized spacial score (nSPS) is 16.3. The summed E-state index contributed by atoms with van der Waals surface area (Å²) in [6.07, 6.45) is 2.95. The number of aryl methyl sites for hydroxylation is 1. The molecule has 2 aromatic carbocycles. The monoisotopic (exact) mass is 497 g/mol. The number of hydrogen-bond acceptors (Lipinski definition) is 6. The second-order valence-corrected chi connectivity index (χ2v) is 9.13. The number of hydrogen-bond donors (Lipinski definition) is 1. The summed E-state index contributed by atoms with van der Waals surface area (Å²) in [6, 6.07) is 19.8. The second-order valence-electron chi connectivity index (χ2n) is 9.13. The minimum absolute atomic E-state index is 0.133. The number of rotatable bonds is 6. The lowest BCUT2D eigenvalue weighted by Crippen LogP contribution is -2.39. The lowest BCUT2D eigenvalue weighted by Gasteiger charge is -2.34. The van der Waals surface area contributed by atoms with Crippen molar-refractivity contribution in [3.8, 4) is 11.3 Å². The van der Waals surface area contributed by atoms with Gasteiger partial charge in [-0.2, -0.15) is 0 Å². The van der Waals surface area contributed by atoms with Gasteiger partial charge >= 0.3 is 0 Å². The Morgan fingerprint density at radius 2 is 1.97 bits per heavy atom. The lowest BCUT2D eigenvalue weighted by atomic mass is 10.0. The van der Waals surface area contributed by atoms with Gasteiger partial charge < -0.3 is 15.0 Å². The zero-order chi connectivity index (χ0) is 25.8. The molecule has 1 unspecified atom stereocenters. The van der Waals surface area contributed by atoms with Crippen molar-refractivity contribution in [2.24, 2.45) is 0 Å². The quantitative estimate of drug-likeness (QED) is 0.401. The first kappa shape index (κ1) is 24.5. The average Bonchev–Trinajstić information content (AvgIpc) is 2.94. The summed E-state index contributed by atoms with van der Waals surface area (Å²) in [5, 5.41) is 2.99. The summed E-state index contributed by atoms with van der Waals surface area (Å²) in [4.78, 5) is 28.4. The number of carbonyl (C=O) groups excluding carboxylic acids is 1. The van der Waals surface area contributed by atoms with E-state index in [1.165, 1.54) is 12.4 Å². The fraction of sp³-hybridized carbons (Fsp3) is 0.241. The fourth-order valence-corrected chi connectivity index (χ4v) is 4.41. The van der Waals surface area contributed by atoms with Gasteiger partial charge in [-0.1, -0.05) is 36.4 Å². The third-order valence-electron chi connectivity index (χ3n) is 6.43. The van der Waals surface area contributed by atoms with E-state index < -0.39 is 0 Å². The Balaban J connectivity index is 1.49. The highest BCUT2D eigenvalue weighted by atomic mass is 19.1. The maximum Gasteiger partial charge on any atom is 0.252 e. The molecule has 2 atom stereocenters. The number of nitrogens with one attached hydrogen (secondary N) is 1. The van der Waals surface area contributed by atoms with Crippen molar-refractivity contribution >= 4 is 11.7 Å². The van der Waals surface area contributed by atoms with Crippen LogP contribution in [0.3, 0.4) is 0 Å². The average molecular weight is 498 g/mol. The predicted molar refractivity (Wildman–Crippen MR) is 140 cm³/mol. The third kappa shape index (κ3) is 5.65. The number of ether oxygens (including phenoxy) is 1. The molecule has 8 heteroatoms. The molecule has 7 nitrogen and oxygen atoms in total. The highest BCUT2D eigenvalue weighted by Gasteiger charge is 2.25. The van der Waals surface area contributed by atoms with E-state index in [4.69, 9.17) is 9.72 Å². The van der Waals surface area contributed by atoms with Crippen LogP contribution in [-0.4, -0.2) is 40.6 Å². The summed E-state index contributed by atoms with van der Waals surface area (Å²) >= 11 is 0. The van der Waals surface area contributed by atoms with Crippen LogP contribution in [0.4, 0.5) is 10.2 Å². The number of nitrogens with zero attached hydrogens (tertiary/aromatic N) is 4. The molecule has 1 aliphatic rings. The molecule has 5 rings (SSSR count). The summed E-state index contributed by atoms with van der Waals surface area (Å²) in [6.45, 7) is 5.37. The maximum absolute atomic E-state index is 15.0. The van der Waals surface area contributed by atoms with Crippen LogP contribution in [0.5, 0.6) is 0 Å². The highest BCUT2D eigenvalue weighted by Crippen LogP contribution is 2.30. The van der Waals surface area contributed by atoms with Gasteiger partial charge in [0.1, 0.15) is 24.1 Å². The van der Waals surface area contributed by atoms with Crippen LogP contribution in [0.1, 0.15) is 46.2 Å². The molecule has 1 fully saturated rings. The summed E-state index contributed by atoms with van der Waals surface area (Å²) in [5.41, 5.74) is 3.72. The molecule has 4 aromatic rings. The molecule has 1 N–H and O–H groups in total. The van der Waals surface area contributed by atoms with Crippen LogP contribution >= 0.6 is 0 Å². The SMILES string of the molecule is Cc1ccc(-c2cc(C(=O)NC(C)c3ccncn3)cc(N3CCO[C@H](c4ccccc4)C3)n2)c(F)c1. The maximum atomic E-state index is 15.0. The number of aromatic nitrogens is 3. The molecule has 0 aliphatic carbocycles. The molecule has 0 spiro atoms. The Kier molecular flexibility index (Phi) is 7.18. The Labute approximate surface area is 215 Å². The Bertz CT molecular complexity index is 1380. The van der Waals surface area contributed by atoms with E-state index in [1.807, 2.05) is 50.2 Å². The molecule has 3 heterocycles. The number of benzene rings is 2. The zero-order valence-corrected chi connectivity index (χ0v) is 20.8. The van der Waals surface area contributed by atoms with Crippen LogP contribution in [0.2, 0.25) is 0 Å². The first-order chi connectivity index (χ1) is 18.0. The number of anilines is 1. The minimum Gasteiger partial charge on any atom is -0.370 e. The van der Waals surface area contributed by atoms with E-state index in [2.05, 4.69) is 20.2 Å². The first-order valence-electron chi connectivity index (χ1n) is 12.2. The molecule has 37 heavy (non-hydrogen) atoms. The molecule has 188 valence electrons. The largest absolute Gasteiger partial charge is 0.370 e. The smallest absolute Gasteiger partial charge is 0.252 e. The Hall–Kier alpha value is -4.17. The molecular formula is C29H28FN5O2. The van der Waals surface area contributed by atoms with Crippen LogP contribution in [0.15, 0.2) is 79.3 Å². The van der Waals surface area contributed by atoms with Gasteiger partial charge in [0.25, 0.3) is 5.91 Å². The van der Waals surface area contributed by atoms with Gasteiger partial charge in [0.05, 0.1) is 24.0 Å². The van der Waals surface area contributed by atoms with Crippen LogP contribution in [-0.2, 0) is 4.74 Å². The van der Waals surface area contributed by atoms with Crippen molar-refractivity contribution in [2.75, 3.05) is 24.6 Å². The van der Waals surface area contributed by atoms with Gasteiger partial charge in [0, 0.05) is 30.4 Å². The number of halogens is 1. The van der Waals surface area contributed by atoms with Gasteiger partial charge in [-0.3, -0.25) is 4.79 Å². The summed E-state index contributed by atoms with van der Waals surface area (Å²) in [7, 11) is 0. The zero-order valence-electron chi connectivity index (χ0n) is 20.8. The molecule has 1 amide bonds. The Morgan fingerprint density at radius 3 is 2.73 bits per heavy atom. The number of amides is 1. The van der Waals surface area contributed by atoms with Gasteiger partial charge in [-0.15, -0.1) is 0 Å². The van der Waals surface area contributed by atoms with Crippen molar-refractivity contribution < 1.29 is 13.9 Å². The van der Waals surface area contributed by atoms with Crippen molar-refractivity contribution in [1.29, 1.82) is 0 Å². The molecule has 1 saturated heterocycles. The van der Waals surface area contributed by atoms with Gasteiger partial charge in [-0.25, -0.2) is 19.3 Å². The van der Waals surface area contributed by atoms with Crippen LogP contribution in [0.25, 0.3) is 11.3 Å². The predicted octanol–water partition coefficient (Wildman–Crippen LogP) is 5.06. The lowest BCUT2D eigenvalue weighted by molar-refractivity contribution is 0.0395. The molecule has 2 aromatic heterocycles. The fourth-order valence-electron chi connectivity index (χ4n) is 4.41. The van der Waals surface area contributed by atoms with Crippen LogP contribution < -0.4 is 10.2 Å². The minimum atomic E-state index is -0.380. The van der Waals surface area contributed by atoms with E-state index in [0.29, 0.717) is 48.0 Å². The third-order valence-corrected chi connectivity index (χ3v) is 6.43. The highest BCUT2D eigenvalue weighted by molar-refractivity contribution is 5.96. The molecule has 0 bridgehead atoms. The van der Waals surface area contributed by atoms with E-state index in [1.54, 1.807) is 30.5 Å². The molecule has 0 saturated carbocycles. The van der Waals surface area contributed by atoms with E-state index in [-0.39, 0.29) is 23.9 Å². The van der Waals surface area contributed by atoms with E-state index in [0.717, 1.165) is 11.1 Å². The van der Waals surface area contributed by atoms with Crippen molar-refractivity contribution in [3.63, 3.8) is 0 Å². The standard InChI is InChI=1S/C29H28FN5O2/c1-19-8-9-23(24(30)14-19)26-15-22(29(36)33-20(2)25-10-11-31-18-32-25)16-28(34-26)35-12-13-37-27(17-35)21-6-4-3-5-7-21/h3-11,14-16,18,20,27H,12-13,17H2,1-2H3,(H,33,36)/t20?,27-/m0/s1. The van der Waals surface area contributed by atoms with Gasteiger partial charge in [0.2, 0.25) is 0 Å². The molecular weight excluding hydrogens is 469 g/mol. The molecule has 1 aliphatic heterocycles. The van der Waals surface area contributed by atoms with Gasteiger partial charge in [-0.05, 0) is 55.3 Å². The topological polar surface area (TPSA) is 80.2 Å². The molecule has 0 radical (unpaired) electrons. The van der Waals surface area contributed by atoms with Crippen molar-refractivity contribution in [2.45, 2.75) is 26.0 Å². The Morgan fingerprint density at radius 1 is 1.14 bits per heavy atom. The van der Waals surface area contributed by atoms with E-state index in [9.17, 15) is 9.18 Å². The number of carbonyl (C=O) groups is 1. The number of pyridine rings is 1. The first-order valence-corrected chi connectivity index (χ1v) is 12.2. The van der Waals surface area contributed by atoms with E-state index >= 15 is 0 Å². The number of morpholine rings is 1. The second kappa shape index (κ2) is 10.8. The van der Waals surface area contributed by atoms with Crippen molar-refractivity contribution in [1.82, 2.24) is 20.3 Å². The summed E-state index contributed by atoms with van der Waals surface area (Å²) in [5.74, 6) is -0.0764. The van der Waals surface area contributed by atoms with Gasteiger partial charge in [0.15, 0.2) is 0 Å². The van der Waals surface area contributed by atoms with Crippen LogP contribution in [0, 0.1) is 12.7 Å². The van der Waals surface area contributed by atoms with Crippen molar-refractivity contribution in [3.05, 3.63) is 107 Å². The summed E-state index contributed by atoms with van der Waals surface area (Å²) < 4.78 is 21.0.